The number of rotatable bonds is 5. The van der Waals surface area contributed by atoms with E-state index >= 15 is 0 Å². The molecule has 0 saturated carbocycles. The molecule has 1 aliphatic heterocycles. The Balaban J connectivity index is 1.61. The number of carbonyl (C=O) groups excluding carboxylic acids is 1. The maximum absolute atomic E-state index is 12.9. The lowest BCUT2D eigenvalue weighted by atomic mass is 10.3. The number of nitrogens with zero attached hydrogens (tertiary/aromatic N) is 8. The second-order valence-electron chi connectivity index (χ2n) is 7.06. The van der Waals surface area contributed by atoms with Crippen LogP contribution in [0.25, 0.3) is 5.82 Å². The molecule has 1 saturated heterocycles. The maximum Gasteiger partial charge on any atom is 0.274 e. The van der Waals surface area contributed by atoms with Gasteiger partial charge < -0.3 is 15.1 Å². The fourth-order valence-electron chi connectivity index (χ4n) is 3.24. The van der Waals surface area contributed by atoms with Gasteiger partial charge >= 0.3 is 0 Å². The van der Waals surface area contributed by atoms with Crippen LogP contribution in [-0.2, 0) is 0 Å². The standard InChI is InChI=1S/C19H23N9O/c1-13-22-14(11-16(23-13)28-10-6-7-21-28)18(29)24-15-12-20-19(25-17(15)26(2)3)27-8-4-5-9-27/h6-7,10-12H,4-5,8-9H2,1-3H3,(H,24,29). The summed E-state index contributed by atoms with van der Waals surface area (Å²) >= 11 is 0. The molecule has 3 aromatic rings. The molecule has 0 unspecified atom stereocenters. The van der Waals surface area contributed by atoms with E-state index in [4.69, 9.17) is 0 Å². The molecule has 4 heterocycles. The largest absolute Gasteiger partial charge is 0.361 e. The van der Waals surface area contributed by atoms with Crippen molar-refractivity contribution in [2.75, 3.05) is 42.3 Å². The monoisotopic (exact) mass is 393 g/mol. The first-order chi connectivity index (χ1) is 14.0. The summed E-state index contributed by atoms with van der Waals surface area (Å²) in [6, 6.07) is 3.39. The third kappa shape index (κ3) is 4.00. The number of hydrogen-bond donors (Lipinski definition) is 1. The van der Waals surface area contributed by atoms with E-state index < -0.39 is 0 Å². The maximum atomic E-state index is 12.9. The van der Waals surface area contributed by atoms with Crippen molar-refractivity contribution in [1.29, 1.82) is 0 Å². The Labute approximate surface area is 168 Å². The lowest BCUT2D eigenvalue weighted by molar-refractivity contribution is 0.102. The Kier molecular flexibility index (Phi) is 5.07. The summed E-state index contributed by atoms with van der Waals surface area (Å²) in [5, 5.41) is 7.04. The van der Waals surface area contributed by atoms with E-state index in [0.29, 0.717) is 29.1 Å². The highest BCUT2D eigenvalue weighted by molar-refractivity contribution is 6.04. The van der Waals surface area contributed by atoms with Gasteiger partial charge in [0.2, 0.25) is 5.95 Å². The van der Waals surface area contributed by atoms with Gasteiger partial charge in [-0.1, -0.05) is 0 Å². The normalized spacial score (nSPS) is 13.6. The second-order valence-corrected chi connectivity index (χ2v) is 7.06. The summed E-state index contributed by atoms with van der Waals surface area (Å²) in [6.45, 7) is 3.65. The molecule has 10 heteroatoms. The minimum absolute atomic E-state index is 0.247. The van der Waals surface area contributed by atoms with Gasteiger partial charge in [-0.2, -0.15) is 10.1 Å². The Bertz CT molecular complexity index is 1010. The molecule has 0 bridgehead atoms. The van der Waals surface area contributed by atoms with Crippen LogP contribution in [0.1, 0.15) is 29.2 Å². The quantitative estimate of drug-likeness (QED) is 0.698. The highest BCUT2D eigenvalue weighted by Gasteiger charge is 2.20. The molecule has 1 N–H and O–H groups in total. The van der Waals surface area contributed by atoms with Gasteiger partial charge in [0.25, 0.3) is 5.91 Å². The number of amides is 1. The number of aryl methyl sites for hydroxylation is 1. The summed E-state index contributed by atoms with van der Waals surface area (Å²) in [4.78, 5) is 34.6. The molecule has 0 aliphatic carbocycles. The summed E-state index contributed by atoms with van der Waals surface area (Å²) in [5.41, 5.74) is 0.774. The minimum atomic E-state index is -0.357. The lowest BCUT2D eigenvalue weighted by Gasteiger charge is -2.21. The van der Waals surface area contributed by atoms with Crippen LogP contribution >= 0.6 is 0 Å². The van der Waals surface area contributed by atoms with Crippen molar-refractivity contribution in [1.82, 2.24) is 29.7 Å². The number of hydrogen-bond acceptors (Lipinski definition) is 8. The van der Waals surface area contributed by atoms with Gasteiger partial charge in [0.1, 0.15) is 17.2 Å². The fraction of sp³-hybridized carbons (Fsp3) is 0.368. The highest BCUT2D eigenvalue weighted by atomic mass is 16.1. The van der Waals surface area contributed by atoms with Crippen molar-refractivity contribution in [3.63, 3.8) is 0 Å². The first-order valence-electron chi connectivity index (χ1n) is 9.47. The van der Waals surface area contributed by atoms with Gasteiger partial charge in [0.15, 0.2) is 11.6 Å². The van der Waals surface area contributed by atoms with Gasteiger partial charge in [-0.25, -0.2) is 19.6 Å². The van der Waals surface area contributed by atoms with Crippen molar-refractivity contribution in [2.45, 2.75) is 19.8 Å². The molecule has 0 spiro atoms. The molecular weight excluding hydrogens is 370 g/mol. The third-order valence-electron chi connectivity index (χ3n) is 4.61. The van der Waals surface area contributed by atoms with Crippen LogP contribution in [0.3, 0.4) is 0 Å². The van der Waals surface area contributed by atoms with E-state index in [1.807, 2.05) is 19.0 Å². The summed E-state index contributed by atoms with van der Waals surface area (Å²) in [7, 11) is 3.77. The van der Waals surface area contributed by atoms with Crippen LogP contribution in [0.5, 0.6) is 0 Å². The zero-order valence-corrected chi connectivity index (χ0v) is 16.7. The smallest absolute Gasteiger partial charge is 0.274 e. The summed E-state index contributed by atoms with van der Waals surface area (Å²) in [5.74, 6) is 1.98. The second kappa shape index (κ2) is 7.82. The molecule has 0 atom stereocenters. The van der Waals surface area contributed by atoms with E-state index in [9.17, 15) is 4.79 Å². The zero-order valence-electron chi connectivity index (χ0n) is 16.7. The number of carbonyl (C=O) groups is 1. The van der Waals surface area contributed by atoms with Crippen molar-refractivity contribution >= 4 is 23.4 Å². The average molecular weight is 393 g/mol. The molecule has 0 aromatic carbocycles. The van der Waals surface area contributed by atoms with E-state index in [1.54, 1.807) is 42.3 Å². The van der Waals surface area contributed by atoms with E-state index in [2.05, 4.69) is 35.3 Å². The van der Waals surface area contributed by atoms with Crippen LogP contribution in [-0.4, -0.2) is 62.8 Å². The van der Waals surface area contributed by atoms with Crippen LogP contribution in [0.15, 0.2) is 30.7 Å². The van der Waals surface area contributed by atoms with Crippen LogP contribution < -0.4 is 15.1 Å². The topological polar surface area (TPSA) is 105 Å². The minimum Gasteiger partial charge on any atom is -0.361 e. The fourth-order valence-corrected chi connectivity index (χ4v) is 3.24. The van der Waals surface area contributed by atoms with Crippen molar-refractivity contribution < 1.29 is 4.79 Å². The number of nitrogens with one attached hydrogen (secondary N) is 1. The molecule has 3 aromatic heterocycles. The van der Waals surface area contributed by atoms with Crippen molar-refractivity contribution in [3.05, 3.63) is 42.2 Å². The molecule has 1 aliphatic rings. The Morgan fingerprint density at radius 3 is 2.66 bits per heavy atom. The third-order valence-corrected chi connectivity index (χ3v) is 4.61. The molecule has 0 radical (unpaired) electrons. The van der Waals surface area contributed by atoms with Gasteiger partial charge in [0.05, 0.1) is 6.20 Å². The molecular formula is C19H23N9O. The molecule has 150 valence electrons. The predicted molar refractivity (Wildman–Crippen MR) is 110 cm³/mol. The molecule has 1 amide bonds. The SMILES string of the molecule is Cc1nc(C(=O)Nc2cnc(N3CCCC3)nc2N(C)C)cc(-n2cccn2)n1. The van der Waals surface area contributed by atoms with Crippen LogP contribution in [0.4, 0.5) is 17.5 Å². The number of aromatic nitrogens is 6. The molecule has 4 rings (SSSR count). The van der Waals surface area contributed by atoms with E-state index in [1.165, 1.54) is 0 Å². The molecule has 1 fully saturated rings. The lowest BCUT2D eigenvalue weighted by Crippen LogP contribution is -2.24. The highest BCUT2D eigenvalue weighted by Crippen LogP contribution is 2.25. The van der Waals surface area contributed by atoms with E-state index in [0.717, 1.165) is 25.9 Å². The molecule has 29 heavy (non-hydrogen) atoms. The van der Waals surface area contributed by atoms with Crippen LogP contribution in [0.2, 0.25) is 0 Å². The van der Waals surface area contributed by atoms with E-state index in [-0.39, 0.29) is 11.6 Å². The Morgan fingerprint density at radius 1 is 1.17 bits per heavy atom. The Hall–Kier alpha value is -3.56. The first-order valence-corrected chi connectivity index (χ1v) is 9.47. The van der Waals surface area contributed by atoms with Gasteiger partial charge in [0, 0.05) is 45.6 Å². The van der Waals surface area contributed by atoms with Crippen molar-refractivity contribution in [3.8, 4) is 5.82 Å². The van der Waals surface area contributed by atoms with Crippen molar-refractivity contribution in [2.24, 2.45) is 0 Å². The van der Waals surface area contributed by atoms with Gasteiger partial charge in [-0.05, 0) is 25.8 Å². The Morgan fingerprint density at radius 2 is 1.97 bits per heavy atom. The first kappa shape index (κ1) is 18.8. The van der Waals surface area contributed by atoms with Gasteiger partial charge in [-0.15, -0.1) is 0 Å². The summed E-state index contributed by atoms with van der Waals surface area (Å²) < 4.78 is 1.59. The van der Waals surface area contributed by atoms with Gasteiger partial charge in [-0.3, -0.25) is 4.79 Å². The van der Waals surface area contributed by atoms with Crippen LogP contribution in [0, 0.1) is 6.92 Å². The number of anilines is 3. The predicted octanol–water partition coefficient (Wildman–Crippen LogP) is 1.68. The zero-order chi connectivity index (χ0) is 20.4. The average Bonchev–Trinajstić information content (AvgIpc) is 3.41. The molecule has 10 nitrogen and oxygen atoms in total. The summed E-state index contributed by atoms with van der Waals surface area (Å²) in [6.07, 6.45) is 7.35.